The normalized spacial score (nSPS) is 12.5. The number of carbonyl (C=O) groups excluding carboxylic acids is 1. The van der Waals surface area contributed by atoms with Crippen molar-refractivity contribution in [2.24, 2.45) is 0 Å². The summed E-state index contributed by atoms with van der Waals surface area (Å²) in [5, 5.41) is 2.91. The van der Waals surface area contributed by atoms with Crippen molar-refractivity contribution in [1.82, 2.24) is 9.62 Å². The van der Waals surface area contributed by atoms with Crippen molar-refractivity contribution in [2.75, 3.05) is 6.54 Å². The first-order valence-electron chi connectivity index (χ1n) is 10.2. The van der Waals surface area contributed by atoms with Gasteiger partial charge in [0.05, 0.1) is 17.5 Å². The lowest BCUT2D eigenvalue weighted by Gasteiger charge is -2.23. The molecule has 6 heteroatoms. The maximum atomic E-state index is 13.4. The van der Waals surface area contributed by atoms with E-state index in [9.17, 15) is 13.2 Å². The number of hydrogen-bond acceptors (Lipinski definition) is 3. The average molecular weight is 437 g/mol. The molecular weight excluding hydrogens is 408 g/mol. The Balaban J connectivity index is 1.83. The Morgan fingerprint density at radius 1 is 0.871 bits per heavy atom. The van der Waals surface area contributed by atoms with E-state index >= 15 is 0 Å². The lowest BCUT2D eigenvalue weighted by molar-refractivity contribution is -0.122. The van der Waals surface area contributed by atoms with Gasteiger partial charge in [-0.1, -0.05) is 77.9 Å². The van der Waals surface area contributed by atoms with Gasteiger partial charge < -0.3 is 5.32 Å². The Hall–Kier alpha value is -2.96. The van der Waals surface area contributed by atoms with Gasteiger partial charge in [-0.15, -0.1) is 0 Å². The van der Waals surface area contributed by atoms with Crippen LogP contribution in [-0.2, 0) is 21.4 Å². The van der Waals surface area contributed by atoms with Gasteiger partial charge in [0, 0.05) is 6.54 Å². The predicted octanol–water partition coefficient (Wildman–Crippen LogP) is 4.37. The minimum atomic E-state index is -3.85. The molecular formula is C25H28N2O3S. The van der Waals surface area contributed by atoms with Crippen LogP contribution in [0.5, 0.6) is 0 Å². The van der Waals surface area contributed by atoms with Crippen molar-refractivity contribution < 1.29 is 13.2 Å². The van der Waals surface area contributed by atoms with Crippen molar-refractivity contribution in [3.05, 3.63) is 101 Å². The molecule has 0 unspecified atom stereocenters. The molecule has 3 aromatic rings. The highest BCUT2D eigenvalue weighted by Gasteiger charge is 2.27. The van der Waals surface area contributed by atoms with Gasteiger partial charge >= 0.3 is 0 Å². The molecule has 0 aliphatic heterocycles. The zero-order valence-electron chi connectivity index (χ0n) is 18.1. The molecule has 31 heavy (non-hydrogen) atoms. The topological polar surface area (TPSA) is 66.5 Å². The SMILES string of the molecule is Cc1ccc(CN(CC(=O)N[C@@H](C)c2ccccc2)S(=O)(=O)c2ccc(C)cc2)cc1. The molecule has 1 amide bonds. The van der Waals surface area contributed by atoms with Crippen LogP contribution in [0, 0.1) is 13.8 Å². The second-order valence-electron chi connectivity index (χ2n) is 7.77. The summed E-state index contributed by atoms with van der Waals surface area (Å²) in [6.07, 6.45) is 0. The van der Waals surface area contributed by atoms with Crippen LogP contribution < -0.4 is 5.32 Å². The second-order valence-corrected chi connectivity index (χ2v) is 9.71. The minimum Gasteiger partial charge on any atom is -0.348 e. The Bertz CT molecular complexity index is 1110. The van der Waals surface area contributed by atoms with Gasteiger partial charge in [-0.3, -0.25) is 4.79 Å². The highest BCUT2D eigenvalue weighted by molar-refractivity contribution is 7.89. The summed E-state index contributed by atoms with van der Waals surface area (Å²) in [6, 6.07) is 23.7. The van der Waals surface area contributed by atoms with Crippen molar-refractivity contribution in [3.63, 3.8) is 0 Å². The predicted molar refractivity (Wildman–Crippen MR) is 123 cm³/mol. The number of nitrogens with zero attached hydrogens (tertiary/aromatic N) is 1. The maximum Gasteiger partial charge on any atom is 0.243 e. The van der Waals surface area contributed by atoms with E-state index < -0.39 is 10.0 Å². The molecule has 0 aromatic heterocycles. The lowest BCUT2D eigenvalue weighted by Crippen LogP contribution is -2.41. The van der Waals surface area contributed by atoms with E-state index in [4.69, 9.17) is 0 Å². The van der Waals surface area contributed by atoms with E-state index in [2.05, 4.69) is 5.32 Å². The molecule has 0 radical (unpaired) electrons. The largest absolute Gasteiger partial charge is 0.348 e. The fraction of sp³-hybridized carbons (Fsp3) is 0.240. The molecule has 0 spiro atoms. The molecule has 0 saturated heterocycles. The lowest BCUT2D eigenvalue weighted by atomic mass is 10.1. The molecule has 0 aliphatic rings. The van der Waals surface area contributed by atoms with Gasteiger partial charge in [0.1, 0.15) is 0 Å². The van der Waals surface area contributed by atoms with Crippen LogP contribution in [0.3, 0.4) is 0 Å². The van der Waals surface area contributed by atoms with Gasteiger partial charge in [-0.2, -0.15) is 4.31 Å². The molecule has 0 heterocycles. The monoisotopic (exact) mass is 436 g/mol. The number of aryl methyl sites for hydroxylation is 2. The third kappa shape index (κ3) is 6.03. The first-order chi connectivity index (χ1) is 14.8. The summed E-state index contributed by atoms with van der Waals surface area (Å²) in [4.78, 5) is 13.0. The number of nitrogens with one attached hydrogen (secondary N) is 1. The van der Waals surface area contributed by atoms with Gasteiger partial charge in [0.15, 0.2) is 0 Å². The Morgan fingerprint density at radius 2 is 1.42 bits per heavy atom. The molecule has 5 nitrogen and oxygen atoms in total. The van der Waals surface area contributed by atoms with Crippen LogP contribution >= 0.6 is 0 Å². The standard InChI is InChI=1S/C25H28N2O3S/c1-19-9-13-22(14-10-19)17-27(31(29,30)24-15-11-20(2)12-16-24)18-25(28)26-21(3)23-7-5-4-6-8-23/h4-16,21H,17-18H2,1-3H3,(H,26,28)/t21-/m0/s1. The smallest absolute Gasteiger partial charge is 0.243 e. The zero-order valence-corrected chi connectivity index (χ0v) is 18.9. The summed E-state index contributed by atoms with van der Waals surface area (Å²) in [5.74, 6) is -0.348. The first kappa shape index (κ1) is 22.7. The Kier molecular flexibility index (Phi) is 7.25. The molecule has 1 atom stereocenters. The molecule has 0 aliphatic carbocycles. The zero-order chi connectivity index (χ0) is 22.4. The van der Waals surface area contributed by atoms with E-state index in [1.165, 1.54) is 4.31 Å². The fourth-order valence-electron chi connectivity index (χ4n) is 3.25. The van der Waals surface area contributed by atoms with Crippen molar-refractivity contribution in [2.45, 2.75) is 38.3 Å². The molecule has 0 fully saturated rings. The number of benzene rings is 3. The van der Waals surface area contributed by atoms with Crippen LogP contribution in [0.2, 0.25) is 0 Å². The van der Waals surface area contributed by atoms with E-state index in [1.807, 2.05) is 75.4 Å². The van der Waals surface area contributed by atoms with E-state index in [-0.39, 0.29) is 29.9 Å². The van der Waals surface area contributed by atoms with Gasteiger partial charge in [-0.25, -0.2) is 8.42 Å². The van der Waals surface area contributed by atoms with Crippen molar-refractivity contribution in [3.8, 4) is 0 Å². The summed E-state index contributed by atoms with van der Waals surface area (Å²) >= 11 is 0. The van der Waals surface area contributed by atoms with E-state index in [0.29, 0.717) is 0 Å². The van der Waals surface area contributed by atoms with Crippen LogP contribution in [-0.4, -0.2) is 25.2 Å². The van der Waals surface area contributed by atoms with Gasteiger partial charge in [-0.05, 0) is 44.0 Å². The van der Waals surface area contributed by atoms with E-state index in [1.54, 1.807) is 24.3 Å². The molecule has 0 bridgehead atoms. The number of carbonyl (C=O) groups is 1. The quantitative estimate of drug-likeness (QED) is 0.570. The molecule has 0 saturated carbocycles. The second kappa shape index (κ2) is 9.90. The van der Waals surface area contributed by atoms with Gasteiger partial charge in [0.25, 0.3) is 0 Å². The number of rotatable bonds is 8. The number of amides is 1. The molecule has 3 rings (SSSR count). The van der Waals surface area contributed by atoms with E-state index in [0.717, 1.165) is 22.3 Å². The minimum absolute atomic E-state index is 0.115. The van der Waals surface area contributed by atoms with Crippen LogP contribution in [0.1, 0.15) is 35.2 Å². The molecule has 162 valence electrons. The maximum absolute atomic E-state index is 13.4. The third-order valence-corrected chi connectivity index (χ3v) is 6.94. The molecule has 3 aromatic carbocycles. The number of hydrogen-bond donors (Lipinski definition) is 1. The van der Waals surface area contributed by atoms with Crippen LogP contribution in [0.4, 0.5) is 0 Å². The first-order valence-corrected chi connectivity index (χ1v) is 11.7. The Labute approximate surface area is 184 Å². The molecule has 1 N–H and O–H groups in total. The third-order valence-electron chi connectivity index (χ3n) is 5.14. The van der Waals surface area contributed by atoms with Gasteiger partial charge in [0.2, 0.25) is 15.9 Å². The fourth-order valence-corrected chi connectivity index (χ4v) is 4.64. The van der Waals surface area contributed by atoms with Crippen LogP contribution in [0.25, 0.3) is 0 Å². The van der Waals surface area contributed by atoms with Crippen LogP contribution in [0.15, 0.2) is 83.8 Å². The number of sulfonamides is 1. The summed E-state index contributed by atoms with van der Waals surface area (Å²) in [6.45, 7) is 5.61. The van der Waals surface area contributed by atoms with Crippen molar-refractivity contribution >= 4 is 15.9 Å². The highest BCUT2D eigenvalue weighted by Crippen LogP contribution is 2.20. The van der Waals surface area contributed by atoms with Crippen molar-refractivity contribution in [1.29, 1.82) is 0 Å². The summed E-state index contributed by atoms with van der Waals surface area (Å²) in [5.41, 5.74) is 3.84. The summed E-state index contributed by atoms with van der Waals surface area (Å²) in [7, 11) is -3.85. The highest BCUT2D eigenvalue weighted by atomic mass is 32.2. The average Bonchev–Trinajstić information content (AvgIpc) is 2.75. The summed E-state index contributed by atoms with van der Waals surface area (Å²) < 4.78 is 27.9. The Morgan fingerprint density at radius 3 is 2.00 bits per heavy atom.